The van der Waals surface area contributed by atoms with E-state index in [1.165, 1.54) is 50.4 Å². The summed E-state index contributed by atoms with van der Waals surface area (Å²) < 4.78 is 65.4. The largest absolute Gasteiger partial charge is 0.416 e. The minimum atomic E-state index is -4.50. The van der Waals surface area contributed by atoms with E-state index in [0.29, 0.717) is 11.1 Å². The van der Waals surface area contributed by atoms with Crippen molar-refractivity contribution in [2.24, 2.45) is 0 Å². The van der Waals surface area contributed by atoms with Crippen LogP contribution in [0.3, 0.4) is 0 Å². The van der Waals surface area contributed by atoms with Crippen LogP contribution in [0.1, 0.15) is 40.0 Å². The Bertz CT molecular complexity index is 910. The maximum absolute atomic E-state index is 12.8. The molecule has 0 aromatic heterocycles. The molecule has 0 saturated carbocycles. The highest BCUT2D eigenvalue weighted by molar-refractivity contribution is 7.88. The second-order valence-corrected chi connectivity index (χ2v) is 7.75. The first-order chi connectivity index (χ1) is 12.5. The molecule has 2 N–H and O–H groups in total. The van der Waals surface area contributed by atoms with E-state index < -0.39 is 27.8 Å². The van der Waals surface area contributed by atoms with Crippen molar-refractivity contribution >= 4 is 15.9 Å². The van der Waals surface area contributed by atoms with Crippen LogP contribution in [0, 0.1) is 0 Å². The molecule has 146 valence electrons. The van der Waals surface area contributed by atoms with Crippen molar-refractivity contribution in [1.82, 2.24) is 10.0 Å². The van der Waals surface area contributed by atoms with Crippen LogP contribution in [-0.2, 0) is 22.0 Å². The standard InChI is InChI=1S/C18H19F3N2O3S/c1-12(15-4-3-5-16(10-15)18(19,20)21)23-27(25,26)11-13-6-8-14(9-7-13)17(24)22-2/h3-10,12,23H,11H2,1-2H3,(H,22,24)/t12-/m0/s1. The van der Waals surface area contributed by atoms with Gasteiger partial charge in [-0.2, -0.15) is 13.2 Å². The lowest BCUT2D eigenvalue weighted by atomic mass is 10.1. The van der Waals surface area contributed by atoms with E-state index in [1.807, 2.05) is 0 Å². The Hall–Kier alpha value is -2.39. The summed E-state index contributed by atoms with van der Waals surface area (Å²) in [4.78, 5) is 11.5. The maximum atomic E-state index is 12.8. The van der Waals surface area contributed by atoms with Gasteiger partial charge >= 0.3 is 6.18 Å². The second-order valence-electron chi connectivity index (χ2n) is 6.00. The number of rotatable bonds is 6. The highest BCUT2D eigenvalue weighted by atomic mass is 32.2. The van der Waals surface area contributed by atoms with Crippen molar-refractivity contribution in [3.63, 3.8) is 0 Å². The predicted molar refractivity (Wildman–Crippen MR) is 95.5 cm³/mol. The Labute approximate surface area is 155 Å². The molecule has 0 fully saturated rings. The topological polar surface area (TPSA) is 75.3 Å². The number of amides is 1. The van der Waals surface area contributed by atoms with Gasteiger partial charge in [0, 0.05) is 18.7 Å². The van der Waals surface area contributed by atoms with Crippen LogP contribution in [0.15, 0.2) is 48.5 Å². The summed E-state index contributed by atoms with van der Waals surface area (Å²) in [6.45, 7) is 1.47. The summed E-state index contributed by atoms with van der Waals surface area (Å²) in [5.41, 5.74) is 0.217. The van der Waals surface area contributed by atoms with E-state index in [0.717, 1.165) is 12.1 Å². The fraction of sp³-hybridized carbons (Fsp3) is 0.278. The first-order valence-electron chi connectivity index (χ1n) is 8.00. The molecule has 1 amide bonds. The first kappa shape index (κ1) is 20.9. The molecule has 5 nitrogen and oxygen atoms in total. The monoisotopic (exact) mass is 400 g/mol. The van der Waals surface area contributed by atoms with Crippen molar-refractivity contribution < 1.29 is 26.4 Å². The molecule has 2 aromatic carbocycles. The molecule has 0 radical (unpaired) electrons. The lowest BCUT2D eigenvalue weighted by molar-refractivity contribution is -0.137. The number of hydrogen-bond donors (Lipinski definition) is 2. The molecule has 0 aliphatic rings. The zero-order chi connectivity index (χ0) is 20.2. The zero-order valence-corrected chi connectivity index (χ0v) is 15.5. The van der Waals surface area contributed by atoms with Crippen molar-refractivity contribution in [3.05, 3.63) is 70.8 Å². The number of carbonyl (C=O) groups is 1. The van der Waals surface area contributed by atoms with Crippen LogP contribution < -0.4 is 10.0 Å². The Morgan fingerprint density at radius 2 is 1.74 bits per heavy atom. The van der Waals surface area contributed by atoms with E-state index in [9.17, 15) is 26.4 Å². The molecule has 27 heavy (non-hydrogen) atoms. The number of nitrogens with one attached hydrogen (secondary N) is 2. The maximum Gasteiger partial charge on any atom is 0.416 e. The zero-order valence-electron chi connectivity index (χ0n) is 14.7. The number of alkyl halides is 3. The van der Waals surface area contributed by atoms with Gasteiger partial charge in [0.2, 0.25) is 10.0 Å². The molecule has 2 rings (SSSR count). The third-order valence-corrected chi connectivity index (χ3v) is 5.30. The summed E-state index contributed by atoms with van der Waals surface area (Å²) in [6.07, 6.45) is -4.50. The van der Waals surface area contributed by atoms with Crippen molar-refractivity contribution in [2.75, 3.05) is 7.05 Å². The molecule has 0 spiro atoms. The third-order valence-electron chi connectivity index (χ3n) is 3.87. The van der Waals surface area contributed by atoms with E-state index in [4.69, 9.17) is 0 Å². The van der Waals surface area contributed by atoms with Gasteiger partial charge < -0.3 is 5.32 Å². The molecule has 2 aromatic rings. The molecule has 0 aliphatic carbocycles. The Morgan fingerprint density at radius 3 is 2.30 bits per heavy atom. The molecule has 9 heteroatoms. The van der Waals surface area contributed by atoms with Crippen LogP contribution in [0.5, 0.6) is 0 Å². The molecule has 1 atom stereocenters. The number of sulfonamides is 1. The van der Waals surface area contributed by atoms with E-state index in [2.05, 4.69) is 10.0 Å². The quantitative estimate of drug-likeness (QED) is 0.782. The molecule has 0 heterocycles. The molecule has 0 aliphatic heterocycles. The summed E-state index contributed by atoms with van der Waals surface area (Å²) in [6, 6.07) is 9.71. The van der Waals surface area contributed by atoms with Crippen molar-refractivity contribution in [3.8, 4) is 0 Å². The number of benzene rings is 2. The van der Waals surface area contributed by atoms with Gasteiger partial charge in [0.15, 0.2) is 0 Å². The SMILES string of the molecule is CNC(=O)c1ccc(CS(=O)(=O)N[C@@H](C)c2cccc(C(F)(F)F)c2)cc1. The summed E-state index contributed by atoms with van der Waals surface area (Å²) in [7, 11) is -2.31. The number of carbonyl (C=O) groups excluding carboxylic acids is 1. The van der Waals surface area contributed by atoms with Crippen molar-refractivity contribution in [2.45, 2.75) is 24.9 Å². The van der Waals surface area contributed by atoms with E-state index in [-0.39, 0.29) is 17.2 Å². The van der Waals surface area contributed by atoms with Gasteiger partial charge in [-0.1, -0.05) is 24.3 Å². The molecular formula is C18H19F3N2O3S. The highest BCUT2D eigenvalue weighted by Gasteiger charge is 2.31. The second kappa shape index (κ2) is 8.10. The number of hydrogen-bond acceptors (Lipinski definition) is 3. The van der Waals surface area contributed by atoms with Crippen LogP contribution in [0.2, 0.25) is 0 Å². The van der Waals surface area contributed by atoms with Crippen LogP contribution >= 0.6 is 0 Å². The third kappa shape index (κ3) is 5.80. The fourth-order valence-corrected chi connectivity index (χ4v) is 3.87. The average Bonchev–Trinajstić information content (AvgIpc) is 2.60. The Kier molecular flexibility index (Phi) is 6.27. The van der Waals surface area contributed by atoms with Gasteiger partial charge in [0.1, 0.15) is 0 Å². The van der Waals surface area contributed by atoms with Gasteiger partial charge in [-0.3, -0.25) is 4.79 Å². The molecule has 0 bridgehead atoms. The minimum absolute atomic E-state index is 0.211. The average molecular weight is 400 g/mol. The number of halogens is 3. The summed E-state index contributed by atoms with van der Waals surface area (Å²) in [5.74, 6) is -0.648. The first-order valence-corrected chi connectivity index (χ1v) is 9.65. The Balaban J connectivity index is 2.10. The van der Waals surface area contributed by atoms with Gasteiger partial charge in [0.25, 0.3) is 5.91 Å². The van der Waals surface area contributed by atoms with Gasteiger partial charge in [-0.25, -0.2) is 13.1 Å². The minimum Gasteiger partial charge on any atom is -0.355 e. The molecule has 0 unspecified atom stereocenters. The Morgan fingerprint density at radius 1 is 1.11 bits per heavy atom. The summed E-state index contributed by atoms with van der Waals surface area (Å²) >= 11 is 0. The van der Waals surface area contributed by atoms with Gasteiger partial charge in [-0.05, 0) is 42.3 Å². The lowest BCUT2D eigenvalue weighted by Gasteiger charge is -2.16. The fourth-order valence-electron chi connectivity index (χ4n) is 2.48. The predicted octanol–water partition coefficient (Wildman–Crippen LogP) is 3.25. The van der Waals surface area contributed by atoms with Crippen LogP contribution in [0.4, 0.5) is 13.2 Å². The smallest absolute Gasteiger partial charge is 0.355 e. The molecule has 0 saturated heterocycles. The van der Waals surface area contributed by atoms with Crippen LogP contribution in [-0.4, -0.2) is 21.4 Å². The van der Waals surface area contributed by atoms with Crippen LogP contribution in [0.25, 0.3) is 0 Å². The van der Waals surface area contributed by atoms with E-state index >= 15 is 0 Å². The normalized spacial score (nSPS) is 13.2. The lowest BCUT2D eigenvalue weighted by Crippen LogP contribution is -2.28. The van der Waals surface area contributed by atoms with Crippen molar-refractivity contribution in [1.29, 1.82) is 0 Å². The van der Waals surface area contributed by atoms with Gasteiger partial charge in [-0.15, -0.1) is 0 Å². The summed E-state index contributed by atoms with van der Waals surface area (Å²) in [5, 5.41) is 2.46. The van der Waals surface area contributed by atoms with Gasteiger partial charge in [0.05, 0.1) is 11.3 Å². The highest BCUT2D eigenvalue weighted by Crippen LogP contribution is 2.30. The van der Waals surface area contributed by atoms with E-state index in [1.54, 1.807) is 0 Å². The molecular weight excluding hydrogens is 381 g/mol.